The maximum Gasteiger partial charge on any atom is 0.317 e. The van der Waals surface area contributed by atoms with Crippen LogP contribution in [-0.4, -0.2) is 35.6 Å². The van der Waals surface area contributed by atoms with Crippen LogP contribution in [0.1, 0.15) is 30.5 Å². The monoisotopic (exact) mass is 354 g/mol. The van der Waals surface area contributed by atoms with Crippen molar-refractivity contribution in [3.63, 3.8) is 0 Å². The van der Waals surface area contributed by atoms with E-state index in [4.69, 9.17) is 5.11 Å². The van der Waals surface area contributed by atoms with Crippen molar-refractivity contribution < 1.29 is 14.7 Å². The number of carbonyl (C=O) groups excluding carboxylic acids is 1. The molecule has 0 aliphatic heterocycles. The van der Waals surface area contributed by atoms with Gasteiger partial charge in [-0.1, -0.05) is 35.0 Å². The number of fused-ring (bicyclic) bond motifs is 1. The Labute approximate surface area is 132 Å². The van der Waals surface area contributed by atoms with Crippen molar-refractivity contribution in [2.45, 2.75) is 25.8 Å². The molecule has 2 N–H and O–H groups in total. The van der Waals surface area contributed by atoms with Crippen molar-refractivity contribution in [1.29, 1.82) is 0 Å². The molecule has 114 valence electrons. The van der Waals surface area contributed by atoms with Gasteiger partial charge in [0.25, 0.3) is 0 Å². The highest BCUT2D eigenvalue weighted by Gasteiger charge is 2.27. The molecule has 2 atom stereocenters. The Morgan fingerprint density at radius 3 is 2.90 bits per heavy atom. The highest BCUT2D eigenvalue weighted by Crippen LogP contribution is 2.35. The quantitative estimate of drug-likeness (QED) is 0.873. The van der Waals surface area contributed by atoms with Crippen molar-refractivity contribution in [3.8, 4) is 0 Å². The zero-order chi connectivity index (χ0) is 15.6. The molecule has 0 fully saturated rings. The maximum absolute atomic E-state index is 12.2. The lowest BCUT2D eigenvalue weighted by Crippen LogP contribution is -2.41. The molecule has 0 radical (unpaired) electrons. The third-order valence-corrected chi connectivity index (χ3v) is 4.57. The van der Waals surface area contributed by atoms with Crippen LogP contribution in [0.15, 0.2) is 22.7 Å². The number of carboxylic acid groups (broad SMARTS) is 1. The third-order valence-electron chi connectivity index (χ3n) is 3.83. The van der Waals surface area contributed by atoms with Gasteiger partial charge < -0.3 is 15.3 Å². The first-order chi connectivity index (χ1) is 9.90. The third kappa shape index (κ3) is 3.56. The Bertz CT molecular complexity index is 562. The van der Waals surface area contributed by atoms with E-state index in [1.54, 1.807) is 14.0 Å². The van der Waals surface area contributed by atoms with E-state index in [1.165, 1.54) is 10.5 Å². The van der Waals surface area contributed by atoms with Crippen LogP contribution < -0.4 is 5.32 Å². The SMILES string of the molecule is CC(CN(C)C(=O)NC1CCc2c(Br)cccc21)C(=O)O. The normalized spacial score (nSPS) is 18.0. The van der Waals surface area contributed by atoms with Gasteiger partial charge in [-0.05, 0) is 30.0 Å². The molecular formula is C15H19BrN2O3. The molecule has 1 aliphatic rings. The van der Waals surface area contributed by atoms with Gasteiger partial charge in [0, 0.05) is 18.1 Å². The van der Waals surface area contributed by atoms with Crippen LogP contribution in [0.2, 0.25) is 0 Å². The van der Waals surface area contributed by atoms with Crippen LogP contribution in [0, 0.1) is 5.92 Å². The van der Waals surface area contributed by atoms with E-state index in [1.807, 2.05) is 18.2 Å². The molecule has 5 nitrogen and oxygen atoms in total. The molecule has 6 heteroatoms. The Hall–Kier alpha value is -1.56. The number of carbonyl (C=O) groups is 2. The van der Waals surface area contributed by atoms with Crippen molar-refractivity contribution in [2.75, 3.05) is 13.6 Å². The van der Waals surface area contributed by atoms with Crippen molar-refractivity contribution in [2.24, 2.45) is 5.92 Å². The topological polar surface area (TPSA) is 69.6 Å². The lowest BCUT2D eigenvalue weighted by Gasteiger charge is -2.23. The van der Waals surface area contributed by atoms with E-state index < -0.39 is 11.9 Å². The van der Waals surface area contributed by atoms with Crippen molar-refractivity contribution in [1.82, 2.24) is 10.2 Å². The molecular weight excluding hydrogens is 336 g/mol. The first kappa shape index (κ1) is 15.8. The maximum atomic E-state index is 12.2. The average Bonchev–Trinajstić information content (AvgIpc) is 2.83. The highest BCUT2D eigenvalue weighted by atomic mass is 79.9. The number of halogens is 1. The molecule has 0 spiro atoms. The minimum atomic E-state index is -0.898. The summed E-state index contributed by atoms with van der Waals surface area (Å²) < 4.78 is 1.07. The van der Waals surface area contributed by atoms with Crippen LogP contribution in [0.3, 0.4) is 0 Å². The fraction of sp³-hybridized carbons (Fsp3) is 0.467. The average molecular weight is 355 g/mol. The summed E-state index contributed by atoms with van der Waals surface area (Å²) >= 11 is 3.53. The summed E-state index contributed by atoms with van der Waals surface area (Å²) in [6.45, 7) is 1.79. The summed E-state index contributed by atoms with van der Waals surface area (Å²) in [4.78, 5) is 24.4. The fourth-order valence-corrected chi connectivity index (χ4v) is 3.17. The second kappa shape index (κ2) is 6.47. The predicted molar refractivity (Wildman–Crippen MR) is 83.2 cm³/mol. The largest absolute Gasteiger partial charge is 0.481 e. The number of benzene rings is 1. The number of nitrogens with zero attached hydrogens (tertiary/aromatic N) is 1. The number of carboxylic acids is 1. The Balaban J connectivity index is 1.99. The Kier molecular flexibility index (Phi) is 4.88. The summed E-state index contributed by atoms with van der Waals surface area (Å²) in [6, 6.07) is 5.75. The van der Waals surface area contributed by atoms with Gasteiger partial charge in [0.05, 0.1) is 12.0 Å². The predicted octanol–water partition coefficient (Wildman–Crippen LogP) is 2.80. The fourth-order valence-electron chi connectivity index (χ4n) is 2.59. The van der Waals surface area contributed by atoms with Gasteiger partial charge in [-0.3, -0.25) is 4.79 Å². The number of aliphatic carboxylic acids is 1. The lowest BCUT2D eigenvalue weighted by atomic mass is 10.1. The van der Waals surface area contributed by atoms with Crippen LogP contribution in [0.4, 0.5) is 4.79 Å². The second-order valence-electron chi connectivity index (χ2n) is 5.47. The molecule has 0 aromatic heterocycles. The number of rotatable bonds is 4. The van der Waals surface area contributed by atoms with E-state index in [-0.39, 0.29) is 18.6 Å². The van der Waals surface area contributed by atoms with Crippen LogP contribution >= 0.6 is 15.9 Å². The lowest BCUT2D eigenvalue weighted by molar-refractivity contribution is -0.141. The number of urea groups is 1. The summed E-state index contributed by atoms with van der Waals surface area (Å²) in [5.74, 6) is -1.48. The molecule has 0 saturated heterocycles. The van der Waals surface area contributed by atoms with E-state index in [2.05, 4.69) is 21.2 Å². The van der Waals surface area contributed by atoms with Gasteiger partial charge in [-0.2, -0.15) is 0 Å². The molecule has 21 heavy (non-hydrogen) atoms. The molecule has 2 amide bonds. The summed E-state index contributed by atoms with van der Waals surface area (Å²) in [5, 5.41) is 11.9. The highest BCUT2D eigenvalue weighted by molar-refractivity contribution is 9.10. The van der Waals surface area contributed by atoms with Gasteiger partial charge >= 0.3 is 12.0 Å². The first-order valence-electron chi connectivity index (χ1n) is 6.92. The Morgan fingerprint density at radius 1 is 1.52 bits per heavy atom. The number of amides is 2. The van der Waals surface area contributed by atoms with Crippen molar-refractivity contribution in [3.05, 3.63) is 33.8 Å². The van der Waals surface area contributed by atoms with Gasteiger partial charge in [0.2, 0.25) is 0 Å². The molecule has 1 aliphatic carbocycles. The molecule has 0 heterocycles. The summed E-state index contributed by atoms with van der Waals surface area (Å²) in [5.41, 5.74) is 2.38. The minimum Gasteiger partial charge on any atom is -0.481 e. The summed E-state index contributed by atoms with van der Waals surface area (Å²) in [7, 11) is 1.62. The zero-order valence-corrected chi connectivity index (χ0v) is 13.7. The molecule has 1 aromatic carbocycles. The molecule has 1 aromatic rings. The van der Waals surface area contributed by atoms with E-state index >= 15 is 0 Å². The van der Waals surface area contributed by atoms with Crippen LogP contribution in [0.5, 0.6) is 0 Å². The van der Waals surface area contributed by atoms with Gasteiger partial charge in [0.1, 0.15) is 0 Å². The number of hydrogen-bond acceptors (Lipinski definition) is 2. The van der Waals surface area contributed by atoms with Crippen LogP contribution in [0.25, 0.3) is 0 Å². The molecule has 2 rings (SSSR count). The standard InChI is InChI=1S/C15H19BrN2O3/c1-9(14(19)20)8-18(2)15(21)17-13-7-6-10-11(13)4-3-5-12(10)16/h3-5,9,13H,6-8H2,1-2H3,(H,17,21)(H,19,20). The van der Waals surface area contributed by atoms with Crippen LogP contribution in [-0.2, 0) is 11.2 Å². The zero-order valence-electron chi connectivity index (χ0n) is 12.1. The first-order valence-corrected chi connectivity index (χ1v) is 7.71. The summed E-state index contributed by atoms with van der Waals surface area (Å²) in [6.07, 6.45) is 1.79. The smallest absolute Gasteiger partial charge is 0.317 e. The molecule has 0 saturated carbocycles. The Morgan fingerprint density at radius 2 is 2.24 bits per heavy atom. The van der Waals surface area contributed by atoms with E-state index in [9.17, 15) is 9.59 Å². The second-order valence-corrected chi connectivity index (χ2v) is 6.32. The van der Waals surface area contributed by atoms with Gasteiger partial charge in [-0.15, -0.1) is 0 Å². The number of nitrogens with one attached hydrogen (secondary N) is 1. The van der Waals surface area contributed by atoms with E-state index in [0.717, 1.165) is 22.9 Å². The molecule has 0 bridgehead atoms. The number of hydrogen-bond donors (Lipinski definition) is 2. The van der Waals surface area contributed by atoms with Crippen molar-refractivity contribution >= 4 is 27.9 Å². The minimum absolute atomic E-state index is 0.00687. The van der Waals surface area contributed by atoms with Gasteiger partial charge in [0.15, 0.2) is 0 Å². The molecule has 2 unspecified atom stereocenters. The van der Waals surface area contributed by atoms with E-state index in [0.29, 0.717) is 0 Å². The van der Waals surface area contributed by atoms with Gasteiger partial charge in [-0.25, -0.2) is 4.79 Å².